The maximum Gasteiger partial charge on any atom is 0.135 e. The van der Waals surface area contributed by atoms with Gasteiger partial charge in [-0.2, -0.15) is 0 Å². The molecule has 2 aromatic carbocycles. The number of halogens is 3. The third kappa shape index (κ3) is 4.43. The van der Waals surface area contributed by atoms with Gasteiger partial charge in [0, 0.05) is 53.4 Å². The van der Waals surface area contributed by atoms with Crippen LogP contribution in [-0.2, 0) is 6.42 Å². The van der Waals surface area contributed by atoms with Gasteiger partial charge >= 0.3 is 0 Å². The first kappa shape index (κ1) is 23.2. The average Bonchev–Trinajstić information content (AvgIpc) is 3.13. The molecule has 2 aliphatic heterocycles. The summed E-state index contributed by atoms with van der Waals surface area (Å²) in [5.41, 5.74) is 1.08. The van der Waals surface area contributed by atoms with Gasteiger partial charge in [0.05, 0.1) is 6.04 Å². The Bertz CT molecular complexity index is 1160. The lowest BCUT2D eigenvalue weighted by Gasteiger charge is -2.43. The average molecular weight is 472 g/mol. The van der Waals surface area contributed by atoms with Crippen molar-refractivity contribution in [1.82, 2.24) is 15.2 Å². The molecule has 1 aromatic heterocycles. The van der Waals surface area contributed by atoms with E-state index >= 15 is 8.78 Å². The smallest absolute Gasteiger partial charge is 0.135 e. The van der Waals surface area contributed by atoms with Crippen LogP contribution in [-0.4, -0.2) is 47.3 Å². The summed E-state index contributed by atoms with van der Waals surface area (Å²) in [5, 5.41) is 4.29. The fourth-order valence-electron chi connectivity index (χ4n) is 5.50. The highest BCUT2D eigenvalue weighted by molar-refractivity contribution is 5.85. The molecule has 3 heterocycles. The van der Waals surface area contributed by atoms with E-state index in [2.05, 4.69) is 10.3 Å². The van der Waals surface area contributed by atoms with Crippen LogP contribution in [0.15, 0.2) is 36.4 Å². The van der Waals surface area contributed by atoms with Gasteiger partial charge in [-0.3, -0.25) is 4.90 Å². The minimum Gasteiger partial charge on any atom is -0.489 e. The number of piperidine rings is 1. The molecule has 0 saturated carbocycles. The van der Waals surface area contributed by atoms with Crippen LogP contribution in [0.4, 0.5) is 13.2 Å². The number of nitrogens with one attached hydrogen (secondary N) is 2. The molecule has 0 radical (unpaired) electrons. The molecule has 7 heteroatoms. The van der Waals surface area contributed by atoms with Gasteiger partial charge in [-0.1, -0.05) is 18.2 Å². The Hall–Kier alpha value is -2.51. The molecule has 3 atom stereocenters. The predicted octanol–water partition coefficient (Wildman–Crippen LogP) is 5.66. The van der Waals surface area contributed by atoms with Gasteiger partial charge in [-0.05, 0) is 58.2 Å². The van der Waals surface area contributed by atoms with Crippen LogP contribution in [0, 0.1) is 11.6 Å². The quantitative estimate of drug-likeness (QED) is 0.504. The third-order valence-corrected chi connectivity index (χ3v) is 6.96. The van der Waals surface area contributed by atoms with E-state index in [0.717, 1.165) is 41.5 Å². The van der Waals surface area contributed by atoms with Crippen LogP contribution < -0.4 is 10.1 Å². The van der Waals surface area contributed by atoms with Gasteiger partial charge in [-0.25, -0.2) is 13.2 Å². The maximum atomic E-state index is 15.7. The first-order chi connectivity index (χ1) is 16.2. The molecule has 1 fully saturated rings. The van der Waals surface area contributed by atoms with Crippen molar-refractivity contribution in [3.05, 3.63) is 64.9 Å². The summed E-state index contributed by atoms with van der Waals surface area (Å²) in [4.78, 5) is 5.28. The van der Waals surface area contributed by atoms with Gasteiger partial charge < -0.3 is 15.0 Å². The SMILES string of the molecule is C[C@@H]1Cc2c([nH]c3ccccc23)[C@@H](c2c(F)cc(O[C@H]3CCCNC3)cc2F)N1CC(C)(C)F. The zero-order chi connectivity index (χ0) is 24.0. The van der Waals surface area contributed by atoms with Crippen molar-refractivity contribution in [3.8, 4) is 5.75 Å². The molecule has 0 spiro atoms. The Morgan fingerprint density at radius 2 is 1.88 bits per heavy atom. The van der Waals surface area contributed by atoms with E-state index < -0.39 is 23.3 Å². The molecule has 4 nitrogen and oxygen atoms in total. The summed E-state index contributed by atoms with van der Waals surface area (Å²) >= 11 is 0. The van der Waals surface area contributed by atoms with Gasteiger partial charge in [0.2, 0.25) is 0 Å². The number of benzene rings is 2. The van der Waals surface area contributed by atoms with E-state index in [1.807, 2.05) is 36.1 Å². The number of para-hydroxylation sites is 1. The second-order valence-corrected chi connectivity index (χ2v) is 10.3. The third-order valence-electron chi connectivity index (χ3n) is 6.96. The summed E-state index contributed by atoms with van der Waals surface area (Å²) in [5.74, 6) is -1.17. The molecular weight excluding hydrogens is 439 g/mol. The first-order valence-corrected chi connectivity index (χ1v) is 12.1. The molecule has 0 unspecified atom stereocenters. The number of rotatable bonds is 5. The number of aromatic nitrogens is 1. The number of nitrogens with zero attached hydrogens (tertiary/aromatic N) is 1. The van der Waals surface area contributed by atoms with Crippen molar-refractivity contribution in [3.63, 3.8) is 0 Å². The lowest BCUT2D eigenvalue weighted by atomic mass is 9.87. The topological polar surface area (TPSA) is 40.3 Å². The van der Waals surface area contributed by atoms with Crippen LogP contribution in [0.2, 0.25) is 0 Å². The van der Waals surface area contributed by atoms with E-state index in [4.69, 9.17) is 4.74 Å². The van der Waals surface area contributed by atoms with Gasteiger partial charge in [0.1, 0.15) is 29.2 Å². The molecule has 0 amide bonds. The normalized spacial score (nSPS) is 23.8. The Morgan fingerprint density at radius 1 is 1.15 bits per heavy atom. The monoisotopic (exact) mass is 471 g/mol. The summed E-state index contributed by atoms with van der Waals surface area (Å²) in [6.07, 6.45) is 2.36. The first-order valence-electron chi connectivity index (χ1n) is 12.1. The van der Waals surface area contributed by atoms with Crippen LogP contribution in [0.1, 0.15) is 56.5 Å². The Morgan fingerprint density at radius 3 is 2.56 bits per heavy atom. The van der Waals surface area contributed by atoms with Crippen LogP contribution in [0.3, 0.4) is 0 Å². The highest BCUT2D eigenvalue weighted by Gasteiger charge is 2.41. The molecule has 34 heavy (non-hydrogen) atoms. The Balaban J connectivity index is 1.60. The number of alkyl halides is 1. The Kier molecular flexibility index (Phi) is 6.10. The van der Waals surface area contributed by atoms with E-state index in [1.165, 1.54) is 26.0 Å². The Labute approximate surface area is 198 Å². The highest BCUT2D eigenvalue weighted by atomic mass is 19.1. The summed E-state index contributed by atoms with van der Waals surface area (Å²) in [7, 11) is 0. The van der Waals surface area contributed by atoms with Crippen molar-refractivity contribution in [2.24, 2.45) is 0 Å². The summed E-state index contributed by atoms with van der Waals surface area (Å²) < 4.78 is 52.1. The molecule has 3 aromatic rings. The standard InChI is InChI=1S/C27H32F3N3O/c1-16-11-20-19-8-4-5-9-23(19)32-25(20)26(33(16)15-27(2,3)30)24-21(28)12-18(13-22(24)29)34-17-7-6-10-31-14-17/h4-5,8-9,12-13,16-17,26,31-32H,6-7,10-11,14-15H2,1-3H3/t16-,17+,26-/m1/s1. The lowest BCUT2D eigenvalue weighted by Crippen LogP contribution is -2.48. The summed E-state index contributed by atoms with van der Waals surface area (Å²) in [6, 6.07) is 9.53. The van der Waals surface area contributed by atoms with Gasteiger partial charge in [0.25, 0.3) is 0 Å². The van der Waals surface area contributed by atoms with Crippen molar-refractivity contribution < 1.29 is 17.9 Å². The molecule has 0 bridgehead atoms. The fraction of sp³-hybridized carbons (Fsp3) is 0.481. The molecular formula is C27H32F3N3O. The van der Waals surface area contributed by atoms with E-state index in [0.29, 0.717) is 13.0 Å². The number of H-pyrrole nitrogens is 1. The number of aromatic amines is 1. The highest BCUT2D eigenvalue weighted by Crippen LogP contribution is 2.43. The minimum absolute atomic E-state index is 0.0541. The number of fused-ring (bicyclic) bond motifs is 3. The zero-order valence-electron chi connectivity index (χ0n) is 19.9. The van der Waals surface area contributed by atoms with Crippen molar-refractivity contribution in [2.75, 3.05) is 19.6 Å². The molecule has 2 aliphatic rings. The number of hydrogen-bond acceptors (Lipinski definition) is 3. The molecule has 2 N–H and O–H groups in total. The summed E-state index contributed by atoms with van der Waals surface area (Å²) in [6.45, 7) is 6.63. The van der Waals surface area contributed by atoms with Gasteiger partial charge in [0.15, 0.2) is 0 Å². The predicted molar refractivity (Wildman–Crippen MR) is 128 cm³/mol. The molecule has 182 valence electrons. The molecule has 5 rings (SSSR count). The van der Waals surface area contributed by atoms with Crippen molar-refractivity contribution in [2.45, 2.75) is 63.9 Å². The van der Waals surface area contributed by atoms with Crippen LogP contribution >= 0.6 is 0 Å². The number of ether oxygens (including phenoxy) is 1. The van der Waals surface area contributed by atoms with Crippen LogP contribution in [0.5, 0.6) is 5.75 Å². The van der Waals surface area contributed by atoms with Crippen molar-refractivity contribution in [1.29, 1.82) is 0 Å². The zero-order valence-corrected chi connectivity index (χ0v) is 19.9. The fourth-order valence-corrected chi connectivity index (χ4v) is 5.50. The largest absolute Gasteiger partial charge is 0.489 e. The minimum atomic E-state index is -1.53. The number of hydrogen-bond donors (Lipinski definition) is 2. The van der Waals surface area contributed by atoms with E-state index in [9.17, 15) is 4.39 Å². The second kappa shape index (κ2) is 8.93. The van der Waals surface area contributed by atoms with Crippen molar-refractivity contribution >= 4 is 10.9 Å². The molecule has 0 aliphatic carbocycles. The van der Waals surface area contributed by atoms with E-state index in [-0.39, 0.29) is 30.0 Å². The van der Waals surface area contributed by atoms with Crippen LogP contribution in [0.25, 0.3) is 10.9 Å². The van der Waals surface area contributed by atoms with E-state index in [1.54, 1.807) is 0 Å². The second-order valence-electron chi connectivity index (χ2n) is 10.3. The maximum absolute atomic E-state index is 15.7. The molecule has 1 saturated heterocycles. The lowest BCUT2D eigenvalue weighted by molar-refractivity contribution is 0.0641. The van der Waals surface area contributed by atoms with Gasteiger partial charge in [-0.15, -0.1) is 0 Å².